The minimum atomic E-state index is -0.686. The van der Waals surface area contributed by atoms with Crippen molar-refractivity contribution < 1.29 is 42.9 Å². The first kappa shape index (κ1) is 36.1. The van der Waals surface area contributed by atoms with Gasteiger partial charge in [0.1, 0.15) is 42.0 Å². The normalized spacial score (nSPS) is 11.5. The highest BCUT2D eigenvalue weighted by Gasteiger charge is 2.36. The number of carbonyl (C=O) groups excluding carboxylic acids is 4. The molecule has 0 saturated heterocycles. The molecule has 272 valence electrons. The average molecular weight is 731 g/mol. The number of ketones is 1. The first-order valence-corrected chi connectivity index (χ1v) is 17.4. The van der Waals surface area contributed by atoms with Crippen LogP contribution in [-0.2, 0) is 27.5 Å². The fourth-order valence-electron chi connectivity index (χ4n) is 6.22. The summed E-state index contributed by atoms with van der Waals surface area (Å²) in [7, 11) is 0. The van der Waals surface area contributed by atoms with Gasteiger partial charge in [-0.3, -0.25) is 14.4 Å². The zero-order valence-corrected chi connectivity index (χ0v) is 29.9. The van der Waals surface area contributed by atoms with E-state index in [0.717, 1.165) is 11.1 Å². The monoisotopic (exact) mass is 730 g/mol. The van der Waals surface area contributed by atoms with Crippen molar-refractivity contribution >= 4 is 35.0 Å². The van der Waals surface area contributed by atoms with Crippen molar-refractivity contribution in [2.24, 2.45) is 0 Å². The Balaban J connectivity index is 1.34. The Morgan fingerprint density at radius 2 is 0.927 bits per heavy atom. The lowest BCUT2D eigenvalue weighted by molar-refractivity contribution is -0.132. The summed E-state index contributed by atoms with van der Waals surface area (Å²) in [5.41, 5.74) is 3.80. The summed E-state index contributed by atoms with van der Waals surface area (Å²) in [6.45, 7) is 3.16. The maximum Gasteiger partial charge on any atom is 0.343 e. The van der Waals surface area contributed by atoms with Gasteiger partial charge < -0.3 is 23.7 Å². The van der Waals surface area contributed by atoms with Crippen LogP contribution in [0.2, 0.25) is 0 Å². The summed E-state index contributed by atoms with van der Waals surface area (Å²) in [4.78, 5) is 52.8. The van der Waals surface area contributed by atoms with Gasteiger partial charge in [0, 0.05) is 36.1 Å². The van der Waals surface area contributed by atoms with E-state index in [0.29, 0.717) is 47.0 Å². The van der Waals surface area contributed by atoms with Crippen LogP contribution >= 0.6 is 0 Å². The van der Waals surface area contributed by atoms with E-state index >= 15 is 0 Å². The molecule has 6 aromatic rings. The van der Waals surface area contributed by atoms with Gasteiger partial charge in [0.25, 0.3) is 0 Å². The third-order valence-corrected chi connectivity index (χ3v) is 8.68. The molecular formula is C46H34O9. The topological polar surface area (TPSA) is 114 Å². The molecule has 9 heteroatoms. The summed E-state index contributed by atoms with van der Waals surface area (Å²) in [5.74, 6) is -1.27. The standard InChI is InChI=1S/C46H34O9/c1-29(47)53-39-17-9-15-37-41(38-16-10-18-40(54-30(2)48)43(38)44(49)42(37)39)45(33-19-23-35(24-20-33)51-27-31-11-5-3-6-12-31)55-46(50)34-21-25-36(26-22-34)52-28-32-13-7-4-8-14-32/h3-26H,27-28H2,1-2H3. The van der Waals surface area contributed by atoms with E-state index in [9.17, 15) is 19.2 Å². The molecule has 6 aromatic carbocycles. The Bertz CT molecular complexity index is 2340. The quantitative estimate of drug-likeness (QED) is 0.0731. The Morgan fingerprint density at radius 1 is 0.491 bits per heavy atom. The van der Waals surface area contributed by atoms with Gasteiger partial charge in [-0.2, -0.15) is 0 Å². The molecule has 0 saturated carbocycles. The maximum atomic E-state index is 14.3. The molecule has 0 radical (unpaired) electrons. The van der Waals surface area contributed by atoms with E-state index < -0.39 is 23.7 Å². The van der Waals surface area contributed by atoms with Gasteiger partial charge in [-0.05, 0) is 71.8 Å². The molecule has 0 unspecified atom stereocenters. The van der Waals surface area contributed by atoms with E-state index in [1.54, 1.807) is 72.8 Å². The summed E-state index contributed by atoms with van der Waals surface area (Å²) in [6.07, 6.45) is 0. The number of benzene rings is 6. The van der Waals surface area contributed by atoms with Crippen LogP contribution in [0, 0.1) is 0 Å². The van der Waals surface area contributed by atoms with Gasteiger partial charge in [0.15, 0.2) is 0 Å². The number of esters is 3. The Labute approximate surface area is 317 Å². The van der Waals surface area contributed by atoms with Crippen LogP contribution in [0.15, 0.2) is 146 Å². The maximum absolute atomic E-state index is 14.3. The average Bonchev–Trinajstić information content (AvgIpc) is 3.19. The largest absolute Gasteiger partial charge is 0.489 e. The molecule has 0 amide bonds. The Kier molecular flexibility index (Phi) is 10.6. The van der Waals surface area contributed by atoms with Gasteiger partial charge in [-0.1, -0.05) is 84.9 Å². The fourth-order valence-corrected chi connectivity index (χ4v) is 6.22. The van der Waals surface area contributed by atoms with E-state index in [2.05, 4.69) is 0 Å². The lowest BCUT2D eigenvalue weighted by Gasteiger charge is -2.27. The second kappa shape index (κ2) is 16.2. The summed E-state index contributed by atoms with van der Waals surface area (Å²) >= 11 is 0. The minimum Gasteiger partial charge on any atom is -0.489 e. The second-order valence-electron chi connectivity index (χ2n) is 12.6. The smallest absolute Gasteiger partial charge is 0.343 e. The summed E-state index contributed by atoms with van der Waals surface area (Å²) in [6, 6.07) is 42.7. The second-order valence-corrected chi connectivity index (χ2v) is 12.6. The molecule has 1 aliphatic rings. The van der Waals surface area contributed by atoms with Crippen molar-refractivity contribution in [1.82, 2.24) is 0 Å². The first-order valence-electron chi connectivity index (χ1n) is 17.4. The predicted octanol–water partition coefficient (Wildman–Crippen LogP) is 9.01. The van der Waals surface area contributed by atoms with Crippen molar-refractivity contribution in [3.8, 4) is 23.0 Å². The number of carbonyl (C=O) groups is 4. The van der Waals surface area contributed by atoms with Crippen LogP contribution in [0.5, 0.6) is 23.0 Å². The fraction of sp³-hybridized carbons (Fsp3) is 0.0870. The van der Waals surface area contributed by atoms with E-state index in [1.807, 2.05) is 60.7 Å². The van der Waals surface area contributed by atoms with Gasteiger partial charge in [0.05, 0.1) is 16.7 Å². The summed E-state index contributed by atoms with van der Waals surface area (Å²) < 4.78 is 29.3. The van der Waals surface area contributed by atoms with E-state index in [4.69, 9.17) is 23.7 Å². The van der Waals surface area contributed by atoms with Crippen molar-refractivity contribution in [3.05, 3.63) is 190 Å². The van der Waals surface area contributed by atoms with Crippen LogP contribution in [-0.4, -0.2) is 23.7 Å². The number of rotatable bonds is 11. The molecule has 0 aliphatic heterocycles. The van der Waals surface area contributed by atoms with Crippen LogP contribution in [0.1, 0.15) is 67.9 Å². The molecular weight excluding hydrogens is 696 g/mol. The molecule has 0 fully saturated rings. The molecule has 55 heavy (non-hydrogen) atoms. The highest BCUT2D eigenvalue weighted by molar-refractivity contribution is 6.24. The zero-order valence-electron chi connectivity index (χ0n) is 29.9. The third kappa shape index (κ3) is 8.21. The highest BCUT2D eigenvalue weighted by atomic mass is 16.5. The molecule has 9 nitrogen and oxygen atoms in total. The Hall–Kier alpha value is -7.26. The van der Waals surface area contributed by atoms with Crippen molar-refractivity contribution in [2.75, 3.05) is 0 Å². The van der Waals surface area contributed by atoms with Gasteiger partial charge in [0.2, 0.25) is 5.78 Å². The molecule has 0 spiro atoms. The summed E-state index contributed by atoms with van der Waals surface area (Å²) in [5, 5.41) is 0. The molecule has 1 aliphatic carbocycles. The molecule has 0 atom stereocenters. The lowest BCUT2D eigenvalue weighted by Crippen LogP contribution is -2.20. The van der Waals surface area contributed by atoms with Crippen LogP contribution < -0.4 is 18.9 Å². The van der Waals surface area contributed by atoms with Crippen LogP contribution in [0.4, 0.5) is 0 Å². The van der Waals surface area contributed by atoms with Gasteiger partial charge >= 0.3 is 17.9 Å². The molecule has 0 bridgehead atoms. The minimum absolute atomic E-state index is 0.00259. The molecule has 0 aromatic heterocycles. The van der Waals surface area contributed by atoms with Crippen molar-refractivity contribution in [2.45, 2.75) is 27.1 Å². The van der Waals surface area contributed by atoms with E-state index in [1.165, 1.54) is 26.0 Å². The predicted molar refractivity (Wildman–Crippen MR) is 205 cm³/mol. The number of fused-ring (bicyclic) bond motifs is 2. The number of hydrogen-bond acceptors (Lipinski definition) is 9. The van der Waals surface area contributed by atoms with Gasteiger partial charge in [-0.15, -0.1) is 0 Å². The molecule has 0 N–H and O–H groups in total. The number of ether oxygens (including phenoxy) is 5. The van der Waals surface area contributed by atoms with Crippen LogP contribution in [0.25, 0.3) is 11.3 Å². The first-order chi connectivity index (χ1) is 26.7. The van der Waals surface area contributed by atoms with Crippen molar-refractivity contribution in [3.63, 3.8) is 0 Å². The lowest BCUT2D eigenvalue weighted by atomic mass is 9.79. The number of hydrogen-bond donors (Lipinski definition) is 0. The molecule has 7 rings (SSSR count). The van der Waals surface area contributed by atoms with Crippen LogP contribution in [0.3, 0.4) is 0 Å². The van der Waals surface area contributed by atoms with Gasteiger partial charge in [-0.25, -0.2) is 4.79 Å². The zero-order chi connectivity index (χ0) is 38.3. The van der Waals surface area contributed by atoms with E-state index in [-0.39, 0.29) is 33.9 Å². The highest BCUT2D eigenvalue weighted by Crippen LogP contribution is 2.46. The SMILES string of the molecule is CC(=O)Oc1cccc2c1C(=O)c1c(OC(C)=O)cccc1C2=C(OC(=O)c1ccc(OCc2ccccc2)cc1)c1ccc(OCc2ccccc2)cc1. The molecule has 0 heterocycles. The Morgan fingerprint density at radius 3 is 1.36 bits per heavy atom. The van der Waals surface area contributed by atoms with Crippen molar-refractivity contribution in [1.29, 1.82) is 0 Å². The third-order valence-electron chi connectivity index (χ3n) is 8.68.